The van der Waals surface area contributed by atoms with Gasteiger partial charge in [0.1, 0.15) is 6.04 Å². The minimum atomic E-state index is -0.0559. The van der Waals surface area contributed by atoms with Gasteiger partial charge in [-0.25, -0.2) is 9.97 Å². The van der Waals surface area contributed by atoms with Crippen LogP contribution in [0, 0.1) is 0 Å². The Morgan fingerprint density at radius 2 is 1.75 bits per heavy atom. The van der Waals surface area contributed by atoms with Crippen molar-refractivity contribution in [2.45, 2.75) is 31.8 Å². The molecule has 0 saturated carbocycles. The Bertz CT molecular complexity index is 1220. The predicted molar refractivity (Wildman–Crippen MR) is 142 cm³/mol. The van der Waals surface area contributed by atoms with Crippen molar-refractivity contribution in [2.24, 2.45) is 0 Å². The highest BCUT2D eigenvalue weighted by atomic mass is 16.5. The van der Waals surface area contributed by atoms with Crippen LogP contribution in [0.2, 0.25) is 0 Å². The summed E-state index contributed by atoms with van der Waals surface area (Å²) in [6.07, 6.45) is 6.98. The molecule has 1 atom stereocenters. The highest BCUT2D eigenvalue weighted by Gasteiger charge is 2.35. The number of ether oxygens (including phenoxy) is 1. The van der Waals surface area contributed by atoms with E-state index in [1.54, 1.807) is 7.11 Å². The molecule has 0 bridgehead atoms. The van der Waals surface area contributed by atoms with Crippen molar-refractivity contribution in [3.63, 3.8) is 0 Å². The minimum absolute atomic E-state index is 0.0559. The minimum Gasteiger partial charge on any atom is -0.481 e. The number of piperidine rings is 1. The first kappa shape index (κ1) is 22.8. The Labute approximate surface area is 211 Å². The predicted octanol–water partition coefficient (Wildman–Crippen LogP) is 3.79. The molecule has 1 amide bonds. The average molecular weight is 485 g/mol. The molecule has 2 aromatic heterocycles. The molecule has 1 unspecified atom stereocenters. The van der Waals surface area contributed by atoms with E-state index < -0.39 is 0 Å². The van der Waals surface area contributed by atoms with Crippen LogP contribution in [0.25, 0.3) is 11.1 Å². The van der Waals surface area contributed by atoms with Crippen LogP contribution < -0.4 is 19.9 Å². The molecule has 2 saturated heterocycles. The van der Waals surface area contributed by atoms with Crippen molar-refractivity contribution in [3.8, 4) is 17.0 Å². The van der Waals surface area contributed by atoms with E-state index in [1.807, 2.05) is 24.5 Å². The van der Waals surface area contributed by atoms with Crippen LogP contribution in [0.4, 0.5) is 17.2 Å². The SMILES string of the molecule is COc1ccc(-c2ccc(N3CCN(Cc4cnc5c(c4)NC(=O)C4CCCCN54)CC3)cc2)cn1. The number of piperazine rings is 1. The fraction of sp³-hybridized carbons (Fsp3) is 0.393. The molecule has 186 valence electrons. The monoisotopic (exact) mass is 484 g/mol. The number of carbonyl (C=O) groups is 1. The Morgan fingerprint density at radius 1 is 0.944 bits per heavy atom. The highest BCUT2D eigenvalue weighted by molar-refractivity contribution is 6.02. The van der Waals surface area contributed by atoms with E-state index in [4.69, 9.17) is 9.72 Å². The molecule has 2 fully saturated rings. The Morgan fingerprint density at radius 3 is 2.50 bits per heavy atom. The van der Waals surface area contributed by atoms with Crippen molar-refractivity contribution in [1.29, 1.82) is 0 Å². The van der Waals surface area contributed by atoms with Gasteiger partial charge in [-0.1, -0.05) is 12.1 Å². The number of pyridine rings is 2. The molecule has 0 spiro atoms. The summed E-state index contributed by atoms with van der Waals surface area (Å²) in [4.78, 5) is 28.8. The van der Waals surface area contributed by atoms with Crippen molar-refractivity contribution >= 4 is 23.1 Å². The van der Waals surface area contributed by atoms with Gasteiger partial charge in [0.05, 0.1) is 12.8 Å². The lowest BCUT2D eigenvalue weighted by Gasteiger charge is -2.40. The number of rotatable bonds is 5. The fourth-order valence-corrected chi connectivity index (χ4v) is 5.54. The third-order valence-corrected chi connectivity index (χ3v) is 7.55. The maximum Gasteiger partial charge on any atom is 0.247 e. The largest absolute Gasteiger partial charge is 0.481 e. The first-order valence-corrected chi connectivity index (χ1v) is 12.8. The zero-order chi connectivity index (χ0) is 24.5. The van der Waals surface area contributed by atoms with Gasteiger partial charge < -0.3 is 19.9 Å². The Kier molecular flexibility index (Phi) is 6.19. The highest BCUT2D eigenvalue weighted by Crippen LogP contribution is 2.35. The molecule has 0 radical (unpaired) electrons. The molecule has 5 heterocycles. The van der Waals surface area contributed by atoms with E-state index in [0.717, 1.165) is 86.7 Å². The van der Waals surface area contributed by atoms with Crippen LogP contribution in [0.15, 0.2) is 54.9 Å². The van der Waals surface area contributed by atoms with Crippen molar-refractivity contribution < 1.29 is 9.53 Å². The molecule has 0 aliphatic carbocycles. The van der Waals surface area contributed by atoms with Gasteiger partial charge in [0, 0.05) is 69.0 Å². The summed E-state index contributed by atoms with van der Waals surface area (Å²) in [7, 11) is 1.63. The third-order valence-electron chi connectivity index (χ3n) is 7.55. The zero-order valence-corrected chi connectivity index (χ0v) is 20.7. The normalized spacial score (nSPS) is 19.9. The number of anilines is 3. The van der Waals surface area contributed by atoms with Crippen molar-refractivity contribution in [2.75, 3.05) is 55.0 Å². The van der Waals surface area contributed by atoms with E-state index in [0.29, 0.717) is 5.88 Å². The van der Waals surface area contributed by atoms with E-state index >= 15 is 0 Å². The summed E-state index contributed by atoms with van der Waals surface area (Å²) < 4.78 is 5.15. The first-order valence-electron chi connectivity index (χ1n) is 12.8. The number of aromatic nitrogens is 2. The van der Waals surface area contributed by atoms with Crippen LogP contribution in [-0.4, -0.2) is 66.7 Å². The Balaban J connectivity index is 1.06. The number of methoxy groups -OCH3 is 1. The third kappa shape index (κ3) is 4.48. The summed E-state index contributed by atoms with van der Waals surface area (Å²) in [5.41, 5.74) is 5.49. The molecule has 6 rings (SSSR count). The van der Waals surface area contributed by atoms with Gasteiger partial charge in [-0.15, -0.1) is 0 Å². The van der Waals surface area contributed by atoms with E-state index in [9.17, 15) is 4.79 Å². The molecule has 8 heteroatoms. The van der Waals surface area contributed by atoms with Crippen molar-refractivity contribution in [1.82, 2.24) is 14.9 Å². The molecule has 8 nitrogen and oxygen atoms in total. The van der Waals surface area contributed by atoms with Gasteiger partial charge in [0.2, 0.25) is 11.8 Å². The van der Waals surface area contributed by atoms with Crippen LogP contribution in [0.3, 0.4) is 0 Å². The maximum absolute atomic E-state index is 12.6. The van der Waals surface area contributed by atoms with Gasteiger partial charge in [-0.05, 0) is 54.7 Å². The molecule has 36 heavy (non-hydrogen) atoms. The van der Waals surface area contributed by atoms with Crippen LogP contribution in [0.1, 0.15) is 24.8 Å². The second-order valence-corrected chi connectivity index (χ2v) is 9.81. The maximum atomic E-state index is 12.6. The molecular weight excluding hydrogens is 452 g/mol. The smallest absolute Gasteiger partial charge is 0.247 e. The first-order chi connectivity index (χ1) is 17.7. The zero-order valence-electron chi connectivity index (χ0n) is 20.7. The van der Waals surface area contributed by atoms with Crippen molar-refractivity contribution in [3.05, 3.63) is 60.4 Å². The molecule has 3 aliphatic heterocycles. The number of carbonyl (C=O) groups excluding carboxylic acids is 1. The summed E-state index contributed by atoms with van der Waals surface area (Å²) in [6, 6.07) is 14.7. The summed E-state index contributed by atoms with van der Waals surface area (Å²) >= 11 is 0. The van der Waals surface area contributed by atoms with Crippen LogP contribution >= 0.6 is 0 Å². The molecule has 3 aliphatic rings. The number of hydrogen-bond donors (Lipinski definition) is 1. The molecule has 1 aromatic carbocycles. The number of nitrogens with one attached hydrogen (secondary N) is 1. The second kappa shape index (κ2) is 9.78. The second-order valence-electron chi connectivity index (χ2n) is 9.81. The number of hydrogen-bond acceptors (Lipinski definition) is 7. The standard InChI is InChI=1S/C28H32N6O2/c1-36-26-10-7-22(18-29-26)21-5-8-23(9-6-21)33-14-12-32(13-15-33)19-20-16-24-27(30-17-20)34-11-3-2-4-25(34)28(35)31-24/h5-10,16-18,25H,2-4,11-15,19H2,1H3,(H,31,35). The summed E-state index contributed by atoms with van der Waals surface area (Å²) in [6.45, 7) is 5.69. The molecule has 1 N–H and O–H groups in total. The number of nitrogens with zero attached hydrogens (tertiary/aromatic N) is 5. The fourth-order valence-electron chi connectivity index (χ4n) is 5.54. The average Bonchev–Trinajstić information content (AvgIpc) is 2.94. The summed E-state index contributed by atoms with van der Waals surface area (Å²) in [5, 5.41) is 3.11. The Hall–Kier alpha value is -3.65. The topological polar surface area (TPSA) is 73.8 Å². The van der Waals surface area contributed by atoms with E-state index in [2.05, 4.69) is 55.3 Å². The van der Waals surface area contributed by atoms with Gasteiger partial charge >= 0.3 is 0 Å². The van der Waals surface area contributed by atoms with E-state index in [1.165, 1.54) is 5.69 Å². The van der Waals surface area contributed by atoms with Gasteiger partial charge in [-0.3, -0.25) is 9.69 Å². The molecule has 3 aromatic rings. The quantitative estimate of drug-likeness (QED) is 0.591. The molecular formula is C28H32N6O2. The van der Waals surface area contributed by atoms with Gasteiger partial charge in [-0.2, -0.15) is 0 Å². The number of fused-ring (bicyclic) bond motifs is 3. The van der Waals surface area contributed by atoms with E-state index in [-0.39, 0.29) is 11.9 Å². The summed E-state index contributed by atoms with van der Waals surface area (Å²) in [5.74, 6) is 1.67. The lowest BCUT2D eigenvalue weighted by molar-refractivity contribution is -0.118. The number of amides is 1. The number of benzene rings is 1. The van der Waals surface area contributed by atoms with Crippen LogP contribution in [0.5, 0.6) is 5.88 Å². The van der Waals surface area contributed by atoms with Crippen LogP contribution in [-0.2, 0) is 11.3 Å². The van der Waals surface area contributed by atoms with Gasteiger partial charge in [0.25, 0.3) is 0 Å². The van der Waals surface area contributed by atoms with Gasteiger partial charge in [0.15, 0.2) is 5.82 Å². The lowest BCUT2D eigenvalue weighted by atomic mass is 9.99. The lowest BCUT2D eigenvalue weighted by Crippen LogP contribution is -2.51.